The van der Waals surface area contributed by atoms with Gasteiger partial charge in [0.05, 0.1) is 6.04 Å². The van der Waals surface area contributed by atoms with E-state index >= 15 is 0 Å². The zero-order valence-electron chi connectivity index (χ0n) is 22.1. The van der Waals surface area contributed by atoms with Gasteiger partial charge in [0.25, 0.3) is 0 Å². The quantitative estimate of drug-likeness (QED) is 0.184. The van der Waals surface area contributed by atoms with E-state index in [2.05, 4.69) is 4.90 Å². The highest BCUT2D eigenvalue weighted by atomic mass is 16.4. The predicted octanol–water partition coefficient (Wildman–Crippen LogP) is 2.57. The van der Waals surface area contributed by atoms with Crippen molar-refractivity contribution in [1.29, 1.82) is 0 Å². The zero-order chi connectivity index (χ0) is 29.7. The number of hydrogen-bond donors (Lipinski definition) is 4. The topological polar surface area (TPSA) is 179 Å². The van der Waals surface area contributed by atoms with Gasteiger partial charge in [0.2, 0.25) is 5.91 Å². The minimum atomic E-state index is -1.26. The maximum absolute atomic E-state index is 13.7. The van der Waals surface area contributed by atoms with E-state index in [0.29, 0.717) is 29.9 Å². The van der Waals surface area contributed by atoms with Crippen LogP contribution >= 0.6 is 0 Å². The van der Waals surface area contributed by atoms with Crippen LogP contribution < -0.4 is 5.73 Å². The Bertz CT molecular complexity index is 1240. The number of aliphatic carboxylic acids is 3. The van der Waals surface area contributed by atoms with Gasteiger partial charge in [-0.2, -0.15) is 0 Å². The summed E-state index contributed by atoms with van der Waals surface area (Å²) in [4.78, 5) is 60.7. The molecule has 1 aliphatic heterocycles. The maximum Gasteiger partial charge on any atom is 0.328 e. The molecule has 1 aliphatic rings. The Morgan fingerprint density at radius 3 is 1.85 bits per heavy atom. The molecule has 212 valence electrons. The zero-order valence-corrected chi connectivity index (χ0v) is 22.1. The lowest BCUT2D eigenvalue weighted by Gasteiger charge is -2.34. The van der Waals surface area contributed by atoms with Gasteiger partial charge in [-0.3, -0.25) is 9.59 Å². The van der Waals surface area contributed by atoms with Gasteiger partial charge in [-0.15, -0.1) is 0 Å². The van der Waals surface area contributed by atoms with Crippen molar-refractivity contribution >= 4 is 35.3 Å². The van der Waals surface area contributed by atoms with Crippen LogP contribution in [-0.4, -0.2) is 81.4 Å². The van der Waals surface area contributed by atoms with Crippen LogP contribution in [0.1, 0.15) is 35.9 Å². The molecule has 0 radical (unpaired) electrons. The van der Waals surface area contributed by atoms with Gasteiger partial charge in [0.1, 0.15) is 5.92 Å². The number of likely N-dealkylation sites (N-methyl/N-ethyl adjacent to an activating group) is 1. The number of nitrogens with zero attached hydrogens (tertiary/aromatic N) is 2. The van der Waals surface area contributed by atoms with Crippen molar-refractivity contribution in [2.45, 2.75) is 24.8 Å². The van der Waals surface area contributed by atoms with Crippen molar-refractivity contribution in [3.8, 4) is 0 Å². The lowest BCUT2D eigenvalue weighted by molar-refractivity contribution is -0.138. The molecule has 40 heavy (non-hydrogen) atoms. The summed E-state index contributed by atoms with van der Waals surface area (Å²) in [6.45, 7) is 2.60. The third-order valence-electron chi connectivity index (χ3n) is 6.23. The number of carbonyl (C=O) groups is 5. The monoisotopic (exact) mass is 551 g/mol. The van der Waals surface area contributed by atoms with Crippen molar-refractivity contribution in [3.63, 3.8) is 0 Å². The molecule has 1 fully saturated rings. The summed E-state index contributed by atoms with van der Waals surface area (Å²) < 4.78 is 0. The Morgan fingerprint density at radius 2 is 1.32 bits per heavy atom. The lowest BCUT2D eigenvalue weighted by Crippen LogP contribution is -2.42. The first-order valence-electron chi connectivity index (χ1n) is 12.5. The first-order chi connectivity index (χ1) is 19.0. The normalized spacial score (nSPS) is 14.7. The molecule has 2 aromatic carbocycles. The van der Waals surface area contributed by atoms with Crippen molar-refractivity contribution in [3.05, 3.63) is 90.0 Å². The van der Waals surface area contributed by atoms with E-state index in [9.17, 15) is 24.0 Å². The number of carbonyl (C=O) groups excluding carboxylic acids is 2. The molecule has 0 spiro atoms. The lowest BCUT2D eigenvalue weighted by atomic mass is 9.90. The number of nitrogens with two attached hydrogens (primary N) is 1. The Balaban J connectivity index is 0.000000611. The molecule has 0 bridgehead atoms. The number of para-hydroxylation sites is 1. The molecule has 11 heteroatoms. The van der Waals surface area contributed by atoms with Gasteiger partial charge in [-0.25, -0.2) is 14.4 Å². The first kappa shape index (κ1) is 31.4. The van der Waals surface area contributed by atoms with Gasteiger partial charge in [-0.1, -0.05) is 48.5 Å². The molecule has 11 nitrogen and oxygen atoms in total. The van der Waals surface area contributed by atoms with Crippen LogP contribution in [0.5, 0.6) is 0 Å². The fourth-order valence-corrected chi connectivity index (χ4v) is 4.27. The number of amides is 1. The smallest absolute Gasteiger partial charge is 0.328 e. The third kappa shape index (κ3) is 9.84. The van der Waals surface area contributed by atoms with E-state index in [1.165, 1.54) is 0 Å². The number of rotatable bonds is 11. The van der Waals surface area contributed by atoms with Crippen LogP contribution in [0.3, 0.4) is 0 Å². The van der Waals surface area contributed by atoms with Crippen molar-refractivity contribution < 1.29 is 39.3 Å². The summed E-state index contributed by atoms with van der Waals surface area (Å²) >= 11 is 0. The molecular formula is C29H33N3O8. The molecular weight excluding hydrogens is 518 g/mol. The summed E-state index contributed by atoms with van der Waals surface area (Å²) in [5.74, 6) is -6.03. The van der Waals surface area contributed by atoms with Crippen LogP contribution in [0.2, 0.25) is 0 Å². The van der Waals surface area contributed by atoms with Crippen LogP contribution in [0, 0.1) is 0 Å². The van der Waals surface area contributed by atoms with Gasteiger partial charge in [0, 0.05) is 37.5 Å². The largest absolute Gasteiger partial charge is 0.478 e. The predicted molar refractivity (Wildman–Crippen MR) is 147 cm³/mol. The van der Waals surface area contributed by atoms with Crippen LogP contribution in [-0.2, 0) is 24.0 Å². The van der Waals surface area contributed by atoms with Crippen molar-refractivity contribution in [2.24, 2.45) is 0 Å². The Labute approximate surface area is 231 Å². The Hall–Kier alpha value is -4.77. The van der Waals surface area contributed by atoms with E-state index in [1.54, 1.807) is 36.2 Å². The van der Waals surface area contributed by atoms with Crippen LogP contribution in [0.25, 0.3) is 0 Å². The summed E-state index contributed by atoms with van der Waals surface area (Å²) in [5.41, 5.74) is 7.76. The van der Waals surface area contributed by atoms with E-state index in [1.807, 2.05) is 30.3 Å². The van der Waals surface area contributed by atoms with Gasteiger partial charge in [0.15, 0.2) is 5.78 Å². The standard InChI is InChI=1S/C25H29N3O4.C4H4O4/c1-27(21(17-28-15-7-8-16-28)18-9-3-2-4-10-18)25(32)24(22(29)13-14-23(30)31)19-11-5-6-12-20(19)26;5-3(6)1-2-4(7)8/h2-6,9-14,21,24H,7-8,15-17,26H2,1H3,(H,30,31);1-2H,(H,5,6)(H,7,8)/b14-13-;2-1-/t21-,24?;/m1./s1. The fourth-order valence-electron chi connectivity index (χ4n) is 4.27. The summed E-state index contributed by atoms with van der Waals surface area (Å²) in [7, 11) is 1.69. The minimum Gasteiger partial charge on any atom is -0.478 e. The number of allylic oxidation sites excluding steroid dienone is 1. The fraction of sp³-hybridized carbons (Fsp3) is 0.276. The number of anilines is 1. The second-order valence-corrected chi connectivity index (χ2v) is 9.03. The average Bonchev–Trinajstić information content (AvgIpc) is 3.44. The second-order valence-electron chi connectivity index (χ2n) is 9.03. The maximum atomic E-state index is 13.7. The third-order valence-corrected chi connectivity index (χ3v) is 6.23. The second kappa shape index (κ2) is 15.6. The van der Waals surface area contributed by atoms with E-state index < -0.39 is 35.5 Å². The van der Waals surface area contributed by atoms with Crippen molar-refractivity contribution in [1.82, 2.24) is 9.80 Å². The molecule has 3 rings (SSSR count). The molecule has 1 amide bonds. The SMILES string of the molecule is CN(C(=O)C(C(=O)/C=C\C(=O)O)c1ccccc1N)[C@H](CN1CCCC1)c1ccccc1.O=C(O)/C=C\C(=O)O. The van der Waals surface area contributed by atoms with Gasteiger partial charge >= 0.3 is 17.9 Å². The molecule has 1 saturated heterocycles. The van der Waals surface area contributed by atoms with Crippen LogP contribution in [0.15, 0.2) is 78.9 Å². The molecule has 0 saturated carbocycles. The highest BCUT2D eigenvalue weighted by molar-refractivity contribution is 6.13. The number of nitrogen functional groups attached to an aromatic ring is 1. The minimum absolute atomic E-state index is 0.259. The number of hydrogen-bond acceptors (Lipinski definition) is 7. The number of ketones is 1. The number of likely N-dealkylation sites (tertiary alicyclic amines) is 1. The molecule has 1 heterocycles. The molecule has 0 aromatic heterocycles. The molecule has 2 atom stereocenters. The summed E-state index contributed by atoms with van der Waals surface area (Å²) in [5, 5.41) is 24.6. The highest BCUT2D eigenvalue weighted by Crippen LogP contribution is 2.30. The average molecular weight is 552 g/mol. The van der Waals surface area contributed by atoms with Crippen molar-refractivity contribution in [2.75, 3.05) is 32.4 Å². The number of benzene rings is 2. The highest BCUT2D eigenvalue weighted by Gasteiger charge is 2.35. The van der Waals surface area contributed by atoms with E-state index in [0.717, 1.165) is 43.6 Å². The van der Waals surface area contributed by atoms with Crippen LogP contribution in [0.4, 0.5) is 5.69 Å². The molecule has 2 aromatic rings. The summed E-state index contributed by atoms with van der Waals surface area (Å²) in [6, 6.07) is 16.2. The van der Waals surface area contributed by atoms with Gasteiger partial charge < -0.3 is 30.9 Å². The molecule has 1 unspecified atom stereocenters. The number of carboxylic acids is 3. The first-order valence-corrected chi connectivity index (χ1v) is 12.5. The van der Waals surface area contributed by atoms with E-state index in [4.69, 9.17) is 21.1 Å². The Kier molecular flexibility index (Phi) is 12.3. The van der Waals surface area contributed by atoms with Gasteiger partial charge in [-0.05, 0) is 49.2 Å². The Morgan fingerprint density at radius 1 is 0.825 bits per heavy atom. The van der Waals surface area contributed by atoms with E-state index in [-0.39, 0.29) is 6.04 Å². The number of carboxylic acid groups (broad SMARTS) is 3. The molecule has 0 aliphatic carbocycles. The summed E-state index contributed by atoms with van der Waals surface area (Å²) in [6.07, 6.45) is 5.05. The molecule has 5 N–H and O–H groups in total.